The first kappa shape index (κ1) is 20.9. The highest BCUT2D eigenvalue weighted by Crippen LogP contribution is 2.64. The minimum atomic E-state index is -4.07. The fourth-order valence-electron chi connectivity index (χ4n) is 4.85. The summed E-state index contributed by atoms with van der Waals surface area (Å²) in [7, 11) is -4.07. The van der Waals surface area contributed by atoms with Crippen molar-refractivity contribution in [3.05, 3.63) is 35.1 Å². The van der Waals surface area contributed by atoms with Crippen LogP contribution in [0.2, 0.25) is 0 Å². The standard InChI is InChI=1S/C20H27FN2O4S/c1-4-17(16-6-5-15(21)9-13(16)11-22)23-27-28(25,26)12-20-8-7-14(10-18(20)24)19(20,2)3/h5-6,9,14H,4,7-8,10-12,22H2,1-3H3. The molecule has 1 aromatic carbocycles. The number of benzene rings is 1. The van der Waals surface area contributed by atoms with E-state index in [4.69, 9.17) is 10.0 Å². The fraction of sp³-hybridized carbons (Fsp3) is 0.600. The molecule has 2 unspecified atom stereocenters. The summed E-state index contributed by atoms with van der Waals surface area (Å²) in [4.78, 5) is 12.6. The number of nitrogens with two attached hydrogens (primary N) is 1. The van der Waals surface area contributed by atoms with Crippen molar-refractivity contribution in [2.24, 2.45) is 27.6 Å². The molecular weight excluding hydrogens is 383 g/mol. The molecule has 28 heavy (non-hydrogen) atoms. The highest BCUT2D eigenvalue weighted by Gasteiger charge is 2.65. The minimum absolute atomic E-state index is 0.00423. The summed E-state index contributed by atoms with van der Waals surface area (Å²) >= 11 is 0. The van der Waals surface area contributed by atoms with Gasteiger partial charge in [-0.25, -0.2) is 4.39 Å². The van der Waals surface area contributed by atoms with Crippen LogP contribution < -0.4 is 5.73 Å². The van der Waals surface area contributed by atoms with Crippen LogP contribution in [0.4, 0.5) is 4.39 Å². The molecule has 0 amide bonds. The van der Waals surface area contributed by atoms with Gasteiger partial charge in [-0.3, -0.25) is 9.08 Å². The number of rotatable bonds is 7. The van der Waals surface area contributed by atoms with Gasteiger partial charge in [0.15, 0.2) is 0 Å². The molecule has 0 spiro atoms. The number of Topliss-reactive ketones (excluding diaryl/α,β-unsaturated/α-hetero) is 1. The van der Waals surface area contributed by atoms with Crippen molar-refractivity contribution in [1.82, 2.24) is 0 Å². The predicted octanol–water partition coefficient (Wildman–Crippen LogP) is 3.14. The van der Waals surface area contributed by atoms with Crippen molar-refractivity contribution in [1.29, 1.82) is 0 Å². The van der Waals surface area contributed by atoms with Gasteiger partial charge in [-0.05, 0) is 54.4 Å². The molecule has 0 aliphatic heterocycles. The van der Waals surface area contributed by atoms with E-state index in [1.807, 2.05) is 13.8 Å². The van der Waals surface area contributed by atoms with Gasteiger partial charge in [0, 0.05) is 18.5 Å². The molecule has 2 aliphatic carbocycles. The molecule has 0 heterocycles. The van der Waals surface area contributed by atoms with E-state index < -0.39 is 21.4 Å². The largest absolute Gasteiger partial charge is 0.329 e. The van der Waals surface area contributed by atoms with Crippen LogP contribution in [-0.4, -0.2) is 25.7 Å². The molecule has 3 rings (SSSR count). The molecule has 2 saturated carbocycles. The summed E-state index contributed by atoms with van der Waals surface area (Å²) in [6.07, 6.45) is 2.23. The first-order valence-corrected chi connectivity index (χ1v) is 11.1. The van der Waals surface area contributed by atoms with Crippen molar-refractivity contribution in [2.75, 3.05) is 5.75 Å². The number of oxime groups is 1. The van der Waals surface area contributed by atoms with E-state index in [1.54, 1.807) is 6.92 Å². The number of hydrogen-bond donors (Lipinski definition) is 1. The molecular formula is C20H27FN2O4S. The summed E-state index contributed by atoms with van der Waals surface area (Å²) in [5.74, 6) is -0.568. The zero-order chi connectivity index (χ0) is 20.7. The molecule has 2 bridgehead atoms. The number of fused-ring (bicyclic) bond motifs is 2. The van der Waals surface area contributed by atoms with Crippen LogP contribution in [0.5, 0.6) is 0 Å². The summed E-state index contributed by atoms with van der Waals surface area (Å²) in [5.41, 5.74) is 5.83. The molecule has 2 atom stereocenters. The van der Waals surface area contributed by atoms with E-state index in [9.17, 15) is 17.6 Å². The zero-order valence-electron chi connectivity index (χ0n) is 16.5. The van der Waals surface area contributed by atoms with Crippen molar-refractivity contribution in [3.63, 3.8) is 0 Å². The van der Waals surface area contributed by atoms with Crippen LogP contribution in [0.1, 0.15) is 57.6 Å². The average molecular weight is 411 g/mol. The van der Waals surface area contributed by atoms with Gasteiger partial charge >= 0.3 is 10.1 Å². The van der Waals surface area contributed by atoms with E-state index in [0.29, 0.717) is 36.1 Å². The van der Waals surface area contributed by atoms with E-state index in [0.717, 1.165) is 6.42 Å². The maximum atomic E-state index is 13.4. The Bertz CT molecular complexity index is 926. The van der Waals surface area contributed by atoms with Gasteiger partial charge in [0.05, 0.1) is 11.1 Å². The first-order valence-electron chi connectivity index (χ1n) is 9.56. The van der Waals surface area contributed by atoms with Crippen molar-refractivity contribution >= 4 is 21.6 Å². The zero-order valence-corrected chi connectivity index (χ0v) is 17.3. The molecule has 2 aliphatic rings. The molecule has 0 radical (unpaired) electrons. The van der Waals surface area contributed by atoms with E-state index in [1.165, 1.54) is 18.2 Å². The maximum Gasteiger partial charge on any atom is 0.329 e. The second kappa shape index (κ2) is 7.22. The Morgan fingerprint density at radius 3 is 2.64 bits per heavy atom. The number of ketones is 1. The van der Waals surface area contributed by atoms with Crippen LogP contribution >= 0.6 is 0 Å². The summed E-state index contributed by atoms with van der Waals surface area (Å²) < 4.78 is 43.8. The second-order valence-electron chi connectivity index (χ2n) is 8.34. The Kier molecular flexibility index (Phi) is 5.40. The molecule has 6 nitrogen and oxygen atoms in total. The Balaban J connectivity index is 1.85. The number of carbonyl (C=O) groups excluding carboxylic acids is 1. The van der Waals surface area contributed by atoms with Gasteiger partial charge < -0.3 is 5.73 Å². The number of nitrogens with zero attached hydrogens (tertiary/aromatic N) is 1. The lowest BCUT2D eigenvalue weighted by Crippen LogP contribution is -2.42. The third kappa shape index (κ3) is 3.37. The topological polar surface area (TPSA) is 98.8 Å². The first-order chi connectivity index (χ1) is 13.1. The molecule has 0 aromatic heterocycles. The van der Waals surface area contributed by atoms with Crippen LogP contribution in [0, 0.1) is 22.6 Å². The molecule has 0 saturated heterocycles. The minimum Gasteiger partial charge on any atom is -0.326 e. The van der Waals surface area contributed by atoms with Gasteiger partial charge in [0.2, 0.25) is 0 Å². The lowest BCUT2D eigenvalue weighted by molar-refractivity contribution is -0.128. The number of carbonyl (C=O) groups is 1. The van der Waals surface area contributed by atoms with Crippen molar-refractivity contribution < 1.29 is 21.9 Å². The van der Waals surface area contributed by atoms with Crippen LogP contribution in [-0.2, 0) is 25.7 Å². The SMILES string of the molecule is CCC(=NOS(=O)(=O)CC12CCC(CC1=O)C2(C)C)c1ccc(F)cc1CN. The molecule has 2 fully saturated rings. The predicted molar refractivity (Wildman–Crippen MR) is 105 cm³/mol. The maximum absolute atomic E-state index is 13.4. The second-order valence-corrected chi connectivity index (χ2v) is 9.89. The molecule has 1 aromatic rings. The van der Waals surface area contributed by atoms with E-state index in [-0.39, 0.29) is 29.4 Å². The van der Waals surface area contributed by atoms with Gasteiger partial charge in [-0.1, -0.05) is 25.9 Å². The van der Waals surface area contributed by atoms with Gasteiger partial charge in [-0.2, -0.15) is 8.42 Å². The number of hydrogen-bond acceptors (Lipinski definition) is 6. The third-order valence-corrected chi connectivity index (χ3v) is 7.90. The monoisotopic (exact) mass is 410 g/mol. The van der Waals surface area contributed by atoms with Gasteiger partial charge in [0.25, 0.3) is 0 Å². The normalized spacial score (nSPS) is 26.7. The van der Waals surface area contributed by atoms with Crippen molar-refractivity contribution in [3.8, 4) is 0 Å². The Morgan fingerprint density at radius 1 is 1.39 bits per heavy atom. The highest BCUT2D eigenvalue weighted by atomic mass is 32.2. The van der Waals surface area contributed by atoms with Crippen LogP contribution in [0.25, 0.3) is 0 Å². The smallest absolute Gasteiger partial charge is 0.326 e. The quantitative estimate of drug-likeness (QED) is 0.550. The van der Waals surface area contributed by atoms with Gasteiger partial charge in [0.1, 0.15) is 17.4 Å². The molecule has 8 heteroatoms. The number of halogens is 1. The van der Waals surface area contributed by atoms with Crippen molar-refractivity contribution in [2.45, 2.75) is 53.0 Å². The van der Waals surface area contributed by atoms with Gasteiger partial charge in [-0.15, -0.1) is 0 Å². The van der Waals surface area contributed by atoms with Crippen LogP contribution in [0.3, 0.4) is 0 Å². The average Bonchev–Trinajstić information content (AvgIpc) is 2.96. The molecule has 154 valence electrons. The Hall–Kier alpha value is -1.80. The summed E-state index contributed by atoms with van der Waals surface area (Å²) in [5, 5.41) is 3.86. The Labute approximate surface area is 165 Å². The van der Waals surface area contributed by atoms with E-state index >= 15 is 0 Å². The fourth-order valence-corrected chi connectivity index (χ4v) is 6.39. The summed E-state index contributed by atoms with van der Waals surface area (Å²) in [6, 6.07) is 4.08. The highest BCUT2D eigenvalue weighted by molar-refractivity contribution is 7.86. The van der Waals surface area contributed by atoms with Crippen LogP contribution in [0.15, 0.2) is 23.4 Å². The summed E-state index contributed by atoms with van der Waals surface area (Å²) in [6.45, 7) is 5.82. The lowest BCUT2D eigenvalue weighted by atomic mass is 9.70. The third-order valence-electron chi connectivity index (χ3n) is 6.76. The Morgan fingerprint density at radius 2 is 2.11 bits per heavy atom. The molecule has 2 N–H and O–H groups in total. The van der Waals surface area contributed by atoms with E-state index in [2.05, 4.69) is 5.16 Å². The lowest BCUT2D eigenvalue weighted by Gasteiger charge is -2.35.